The zero-order chi connectivity index (χ0) is 15.6. The van der Waals surface area contributed by atoms with Crippen LogP contribution in [0.25, 0.3) is 0 Å². The van der Waals surface area contributed by atoms with Gasteiger partial charge in [-0.2, -0.15) is 13.2 Å². The van der Waals surface area contributed by atoms with Gasteiger partial charge in [0.05, 0.1) is 18.4 Å². The zero-order valence-electron chi connectivity index (χ0n) is 11.0. The number of hydrogen-bond acceptors (Lipinski definition) is 3. The molecule has 0 aromatic heterocycles. The second-order valence-electron chi connectivity index (χ2n) is 4.28. The molecule has 0 aliphatic heterocycles. The summed E-state index contributed by atoms with van der Waals surface area (Å²) in [5.74, 6) is -0.666. The van der Waals surface area contributed by atoms with E-state index in [0.717, 1.165) is 12.1 Å². The molecule has 2 aromatic rings. The van der Waals surface area contributed by atoms with Gasteiger partial charge in [-0.25, -0.2) is 4.39 Å². The molecule has 0 amide bonds. The smallest absolute Gasteiger partial charge is 0.418 e. The third-order valence-corrected chi connectivity index (χ3v) is 2.78. The number of nitrogens with one attached hydrogen (secondary N) is 1. The van der Waals surface area contributed by atoms with E-state index in [0.29, 0.717) is 0 Å². The Kier molecular flexibility index (Phi) is 3.93. The molecule has 0 aliphatic carbocycles. The lowest BCUT2D eigenvalue weighted by molar-refractivity contribution is -0.136. The van der Waals surface area contributed by atoms with Gasteiger partial charge in [-0.3, -0.25) is 0 Å². The Morgan fingerprint density at radius 1 is 1.10 bits per heavy atom. The highest BCUT2D eigenvalue weighted by molar-refractivity contribution is 5.67. The van der Waals surface area contributed by atoms with Gasteiger partial charge in [0.1, 0.15) is 0 Å². The van der Waals surface area contributed by atoms with Gasteiger partial charge < -0.3 is 15.8 Å². The number of halogens is 4. The Morgan fingerprint density at radius 3 is 2.38 bits per heavy atom. The van der Waals surface area contributed by atoms with E-state index in [4.69, 9.17) is 10.5 Å². The fourth-order valence-electron chi connectivity index (χ4n) is 1.81. The van der Waals surface area contributed by atoms with Crippen LogP contribution in [0.5, 0.6) is 5.75 Å². The third kappa shape index (κ3) is 3.36. The molecule has 0 spiro atoms. The number of methoxy groups -OCH3 is 1. The molecule has 0 atom stereocenters. The molecule has 0 saturated heterocycles. The van der Waals surface area contributed by atoms with Crippen LogP contribution in [0.4, 0.5) is 34.6 Å². The van der Waals surface area contributed by atoms with Crippen molar-refractivity contribution in [3.63, 3.8) is 0 Å². The second-order valence-corrected chi connectivity index (χ2v) is 4.28. The van der Waals surface area contributed by atoms with Gasteiger partial charge in [-0.1, -0.05) is 0 Å². The largest absolute Gasteiger partial charge is 0.494 e. The van der Waals surface area contributed by atoms with Crippen LogP contribution in [0, 0.1) is 5.82 Å². The lowest BCUT2D eigenvalue weighted by atomic mass is 10.1. The van der Waals surface area contributed by atoms with Crippen LogP contribution in [0.15, 0.2) is 36.4 Å². The molecule has 2 rings (SSSR count). The third-order valence-electron chi connectivity index (χ3n) is 2.78. The Balaban J connectivity index is 2.38. The lowest BCUT2D eigenvalue weighted by Gasteiger charge is -2.15. The van der Waals surface area contributed by atoms with Crippen molar-refractivity contribution in [2.75, 3.05) is 18.2 Å². The number of alkyl halides is 3. The van der Waals surface area contributed by atoms with Crippen molar-refractivity contribution in [1.29, 1.82) is 0 Å². The van der Waals surface area contributed by atoms with Crippen LogP contribution in [-0.2, 0) is 6.18 Å². The number of nitrogen functional groups attached to an aromatic ring is 1. The first-order valence-electron chi connectivity index (χ1n) is 5.88. The summed E-state index contributed by atoms with van der Waals surface area (Å²) in [6.07, 6.45) is -4.57. The molecule has 2 aromatic carbocycles. The highest BCUT2D eigenvalue weighted by Gasteiger charge is 2.33. The first kappa shape index (κ1) is 15.0. The van der Waals surface area contributed by atoms with Gasteiger partial charge in [-0.05, 0) is 30.3 Å². The van der Waals surface area contributed by atoms with Gasteiger partial charge in [0.15, 0.2) is 11.6 Å². The zero-order valence-corrected chi connectivity index (χ0v) is 11.0. The predicted molar refractivity (Wildman–Crippen MR) is 72.1 cm³/mol. The fourth-order valence-corrected chi connectivity index (χ4v) is 1.81. The van der Waals surface area contributed by atoms with Crippen LogP contribution in [0.1, 0.15) is 5.56 Å². The van der Waals surface area contributed by atoms with Crippen molar-refractivity contribution in [2.45, 2.75) is 6.18 Å². The number of ether oxygens (including phenoxy) is 1. The summed E-state index contributed by atoms with van der Waals surface area (Å²) < 4.78 is 57.1. The summed E-state index contributed by atoms with van der Waals surface area (Å²) >= 11 is 0. The molecular formula is C14H12F4N2O. The molecule has 3 nitrogen and oxygen atoms in total. The fraction of sp³-hybridized carbons (Fsp3) is 0.143. The average molecular weight is 300 g/mol. The summed E-state index contributed by atoms with van der Waals surface area (Å²) in [5.41, 5.74) is 4.41. The molecule has 0 unspecified atom stereocenters. The van der Waals surface area contributed by atoms with E-state index in [1.165, 1.54) is 31.4 Å². The van der Waals surface area contributed by atoms with Gasteiger partial charge in [-0.15, -0.1) is 0 Å². The molecule has 0 saturated carbocycles. The Bertz CT molecular complexity index is 656. The number of hydrogen-bond donors (Lipinski definition) is 2. The van der Waals surface area contributed by atoms with E-state index in [1.807, 2.05) is 0 Å². The first-order chi connectivity index (χ1) is 9.81. The normalized spacial score (nSPS) is 11.3. The van der Waals surface area contributed by atoms with Crippen LogP contribution in [0.2, 0.25) is 0 Å². The number of benzene rings is 2. The molecule has 0 aliphatic rings. The van der Waals surface area contributed by atoms with Crippen LogP contribution >= 0.6 is 0 Å². The Labute approximate surface area is 118 Å². The number of rotatable bonds is 3. The van der Waals surface area contributed by atoms with Crippen molar-refractivity contribution >= 4 is 17.1 Å². The van der Waals surface area contributed by atoms with E-state index in [-0.39, 0.29) is 22.8 Å². The summed E-state index contributed by atoms with van der Waals surface area (Å²) in [6, 6.07) is 7.13. The van der Waals surface area contributed by atoms with Crippen molar-refractivity contribution in [1.82, 2.24) is 0 Å². The van der Waals surface area contributed by atoms with Crippen LogP contribution < -0.4 is 15.8 Å². The van der Waals surface area contributed by atoms with Crippen molar-refractivity contribution in [3.05, 3.63) is 47.8 Å². The van der Waals surface area contributed by atoms with Crippen LogP contribution in [-0.4, -0.2) is 7.11 Å². The maximum Gasteiger partial charge on any atom is 0.418 e. The molecule has 21 heavy (non-hydrogen) atoms. The molecular weight excluding hydrogens is 288 g/mol. The molecule has 0 bridgehead atoms. The minimum absolute atomic E-state index is 0.00575. The minimum Gasteiger partial charge on any atom is -0.494 e. The average Bonchev–Trinajstić information content (AvgIpc) is 2.40. The SMILES string of the molecule is COc1ccc(Nc2ccc(N)cc2C(F)(F)F)cc1F. The Hall–Kier alpha value is -2.44. The number of anilines is 3. The quantitative estimate of drug-likeness (QED) is 0.660. The molecule has 0 fully saturated rings. The second kappa shape index (κ2) is 5.51. The lowest BCUT2D eigenvalue weighted by Crippen LogP contribution is -2.09. The molecule has 3 N–H and O–H groups in total. The molecule has 7 heteroatoms. The van der Waals surface area contributed by atoms with Crippen molar-refractivity contribution in [2.24, 2.45) is 0 Å². The van der Waals surface area contributed by atoms with Gasteiger partial charge in [0.2, 0.25) is 0 Å². The van der Waals surface area contributed by atoms with E-state index in [9.17, 15) is 17.6 Å². The standard InChI is InChI=1S/C14H12F4N2O/c1-21-13-5-3-9(7-11(13)15)20-12-4-2-8(19)6-10(12)14(16,17)18/h2-7,20H,19H2,1H3. The molecule has 0 radical (unpaired) electrons. The summed E-state index contributed by atoms with van der Waals surface area (Å²) in [6.45, 7) is 0. The topological polar surface area (TPSA) is 47.3 Å². The number of nitrogens with two attached hydrogens (primary N) is 1. The Morgan fingerprint density at radius 2 is 1.81 bits per heavy atom. The van der Waals surface area contributed by atoms with E-state index >= 15 is 0 Å². The predicted octanol–water partition coefficient (Wildman–Crippen LogP) is 4.18. The first-order valence-corrected chi connectivity index (χ1v) is 5.88. The maximum atomic E-state index is 13.5. The summed E-state index contributed by atoms with van der Waals surface area (Å²) in [5, 5.41) is 2.53. The molecule has 112 valence electrons. The molecule has 0 heterocycles. The van der Waals surface area contributed by atoms with Crippen molar-refractivity contribution < 1.29 is 22.3 Å². The van der Waals surface area contributed by atoms with Gasteiger partial charge in [0.25, 0.3) is 0 Å². The van der Waals surface area contributed by atoms with Crippen LogP contribution in [0.3, 0.4) is 0 Å². The van der Waals surface area contributed by atoms with Gasteiger partial charge in [0, 0.05) is 17.4 Å². The van der Waals surface area contributed by atoms with E-state index in [1.54, 1.807) is 0 Å². The monoisotopic (exact) mass is 300 g/mol. The van der Waals surface area contributed by atoms with Crippen molar-refractivity contribution in [3.8, 4) is 5.75 Å². The summed E-state index contributed by atoms with van der Waals surface area (Å²) in [7, 11) is 1.30. The summed E-state index contributed by atoms with van der Waals surface area (Å²) in [4.78, 5) is 0. The van der Waals surface area contributed by atoms with E-state index < -0.39 is 17.6 Å². The minimum atomic E-state index is -4.57. The highest BCUT2D eigenvalue weighted by Crippen LogP contribution is 2.37. The van der Waals surface area contributed by atoms with E-state index in [2.05, 4.69) is 5.32 Å². The maximum absolute atomic E-state index is 13.5. The van der Waals surface area contributed by atoms with Gasteiger partial charge >= 0.3 is 6.18 Å². The highest BCUT2D eigenvalue weighted by atomic mass is 19.4.